The summed E-state index contributed by atoms with van der Waals surface area (Å²) in [6.45, 7) is 6.29. The number of nitrogens with zero attached hydrogens (tertiary/aromatic N) is 3. The number of anilines is 1. The van der Waals surface area contributed by atoms with E-state index in [0.717, 1.165) is 38.8 Å². The van der Waals surface area contributed by atoms with Crippen molar-refractivity contribution in [2.45, 2.75) is 31.8 Å². The minimum absolute atomic E-state index is 0.601. The van der Waals surface area contributed by atoms with Crippen LogP contribution < -0.4 is 4.90 Å². The molecule has 108 valence electrons. The largest absolute Gasteiger partial charge is 0.380 e. The number of fused-ring (bicyclic) bond motifs is 1. The van der Waals surface area contributed by atoms with E-state index in [1.165, 1.54) is 37.2 Å². The molecular formula is C16H23N3O. The maximum Gasteiger partial charge on any atom is 0.133 e. The molecule has 2 aliphatic heterocycles. The van der Waals surface area contributed by atoms with E-state index in [0.29, 0.717) is 6.04 Å². The summed E-state index contributed by atoms with van der Waals surface area (Å²) in [4.78, 5) is 9.78. The summed E-state index contributed by atoms with van der Waals surface area (Å²) in [5.41, 5.74) is 1.39. The van der Waals surface area contributed by atoms with Crippen molar-refractivity contribution in [2.75, 3.05) is 37.7 Å². The molecule has 0 bridgehead atoms. The predicted molar refractivity (Wildman–Crippen MR) is 78.8 cm³/mol. The Kier molecular flexibility index (Phi) is 3.36. The number of ether oxygens (including phenoxy) is 1. The molecule has 1 atom stereocenters. The van der Waals surface area contributed by atoms with E-state index in [4.69, 9.17) is 4.74 Å². The monoisotopic (exact) mass is 273 g/mol. The number of hydrogen-bond acceptors (Lipinski definition) is 4. The van der Waals surface area contributed by atoms with Crippen molar-refractivity contribution in [1.82, 2.24) is 9.88 Å². The molecule has 4 rings (SSSR count). The first-order chi connectivity index (χ1) is 9.90. The molecule has 0 aromatic carbocycles. The second-order valence-corrected chi connectivity index (χ2v) is 6.36. The van der Waals surface area contributed by atoms with Gasteiger partial charge in [-0.2, -0.15) is 0 Å². The fourth-order valence-corrected chi connectivity index (χ4v) is 3.40. The highest BCUT2D eigenvalue weighted by atomic mass is 16.5. The van der Waals surface area contributed by atoms with E-state index >= 15 is 0 Å². The van der Waals surface area contributed by atoms with E-state index in [9.17, 15) is 0 Å². The maximum absolute atomic E-state index is 5.57. The van der Waals surface area contributed by atoms with Crippen LogP contribution in [0.15, 0.2) is 18.3 Å². The first-order valence-electron chi connectivity index (χ1n) is 7.91. The first kappa shape index (κ1) is 12.6. The second kappa shape index (κ2) is 5.34. The number of rotatable bonds is 3. The summed E-state index contributed by atoms with van der Waals surface area (Å²) in [5, 5.41) is 0. The quantitative estimate of drug-likeness (QED) is 0.841. The van der Waals surface area contributed by atoms with Gasteiger partial charge in [0, 0.05) is 50.6 Å². The normalized spacial score (nSPS) is 27.4. The van der Waals surface area contributed by atoms with Crippen LogP contribution >= 0.6 is 0 Å². The van der Waals surface area contributed by atoms with Crippen molar-refractivity contribution in [3.63, 3.8) is 0 Å². The Morgan fingerprint density at radius 2 is 2.20 bits per heavy atom. The molecular weight excluding hydrogens is 250 g/mol. The molecule has 1 aromatic rings. The SMILES string of the molecule is c1cnc2c(c1)CN(C1CCOC1)CCN2CC1CC1. The fraction of sp³-hybridized carbons (Fsp3) is 0.688. The van der Waals surface area contributed by atoms with Gasteiger partial charge in [-0.05, 0) is 31.2 Å². The Labute approximate surface area is 120 Å². The maximum atomic E-state index is 5.57. The van der Waals surface area contributed by atoms with Gasteiger partial charge in [-0.3, -0.25) is 4.90 Å². The average Bonchev–Trinajstić information content (AvgIpc) is 3.17. The third-order valence-corrected chi connectivity index (χ3v) is 4.80. The smallest absolute Gasteiger partial charge is 0.133 e. The van der Waals surface area contributed by atoms with Crippen molar-refractivity contribution in [3.8, 4) is 0 Å². The average molecular weight is 273 g/mol. The highest BCUT2D eigenvalue weighted by Gasteiger charge is 2.31. The molecule has 3 heterocycles. The molecule has 0 spiro atoms. The van der Waals surface area contributed by atoms with Crippen molar-refractivity contribution < 1.29 is 4.74 Å². The van der Waals surface area contributed by atoms with Crippen molar-refractivity contribution in [1.29, 1.82) is 0 Å². The molecule has 1 unspecified atom stereocenters. The van der Waals surface area contributed by atoms with E-state index < -0.39 is 0 Å². The Hall–Kier alpha value is -1.13. The molecule has 0 radical (unpaired) electrons. The topological polar surface area (TPSA) is 28.6 Å². The van der Waals surface area contributed by atoms with Crippen LogP contribution in [0.25, 0.3) is 0 Å². The Morgan fingerprint density at radius 1 is 1.25 bits per heavy atom. The van der Waals surface area contributed by atoms with Crippen molar-refractivity contribution >= 4 is 5.82 Å². The minimum Gasteiger partial charge on any atom is -0.380 e. The minimum atomic E-state index is 0.601. The van der Waals surface area contributed by atoms with E-state index in [1.807, 2.05) is 6.20 Å². The van der Waals surface area contributed by atoms with Gasteiger partial charge in [-0.1, -0.05) is 6.07 Å². The zero-order valence-electron chi connectivity index (χ0n) is 12.0. The highest BCUT2D eigenvalue weighted by molar-refractivity contribution is 5.48. The number of aromatic nitrogens is 1. The van der Waals surface area contributed by atoms with Crippen LogP contribution in [-0.4, -0.2) is 48.8 Å². The Balaban J connectivity index is 1.57. The summed E-state index contributed by atoms with van der Waals surface area (Å²) in [5.74, 6) is 2.13. The molecule has 0 amide bonds. The van der Waals surface area contributed by atoms with Crippen LogP contribution in [0.4, 0.5) is 5.82 Å². The molecule has 1 saturated heterocycles. The molecule has 3 aliphatic rings. The van der Waals surface area contributed by atoms with Crippen molar-refractivity contribution in [3.05, 3.63) is 23.9 Å². The van der Waals surface area contributed by atoms with Gasteiger partial charge < -0.3 is 9.64 Å². The van der Waals surface area contributed by atoms with Gasteiger partial charge in [0.2, 0.25) is 0 Å². The third-order valence-electron chi connectivity index (χ3n) is 4.80. The lowest BCUT2D eigenvalue weighted by Gasteiger charge is -2.26. The lowest BCUT2D eigenvalue weighted by atomic mass is 10.2. The predicted octanol–water partition coefficient (Wildman–Crippen LogP) is 1.90. The molecule has 4 nitrogen and oxygen atoms in total. The zero-order chi connectivity index (χ0) is 13.4. The summed E-state index contributed by atoms with van der Waals surface area (Å²) < 4.78 is 5.57. The van der Waals surface area contributed by atoms with E-state index in [-0.39, 0.29) is 0 Å². The summed E-state index contributed by atoms with van der Waals surface area (Å²) >= 11 is 0. The van der Waals surface area contributed by atoms with Gasteiger partial charge in [0.05, 0.1) is 6.61 Å². The summed E-state index contributed by atoms with van der Waals surface area (Å²) in [7, 11) is 0. The molecule has 1 aliphatic carbocycles. The standard InChI is InChI=1S/C16H23N3O/c1-2-14-11-18(15-5-9-20-12-15)7-8-19(10-13-3-4-13)16(14)17-6-1/h1-2,6,13,15H,3-5,7-12H2. The molecule has 20 heavy (non-hydrogen) atoms. The third kappa shape index (κ3) is 2.54. The Morgan fingerprint density at radius 3 is 3.00 bits per heavy atom. The highest BCUT2D eigenvalue weighted by Crippen LogP contribution is 2.33. The lowest BCUT2D eigenvalue weighted by Crippen LogP contribution is -2.39. The van der Waals surface area contributed by atoms with Crippen LogP contribution in [0.2, 0.25) is 0 Å². The van der Waals surface area contributed by atoms with E-state index in [2.05, 4.69) is 26.9 Å². The zero-order valence-corrected chi connectivity index (χ0v) is 12.0. The molecule has 1 aromatic heterocycles. The van der Waals surface area contributed by atoms with Gasteiger partial charge in [-0.25, -0.2) is 4.98 Å². The lowest BCUT2D eigenvalue weighted by molar-refractivity contribution is 0.142. The van der Waals surface area contributed by atoms with Gasteiger partial charge in [0.15, 0.2) is 0 Å². The first-order valence-corrected chi connectivity index (χ1v) is 7.91. The van der Waals surface area contributed by atoms with Crippen LogP contribution in [-0.2, 0) is 11.3 Å². The summed E-state index contributed by atoms with van der Waals surface area (Å²) in [6, 6.07) is 4.92. The number of pyridine rings is 1. The molecule has 1 saturated carbocycles. The Bertz CT molecular complexity index is 469. The van der Waals surface area contributed by atoms with E-state index in [1.54, 1.807) is 0 Å². The van der Waals surface area contributed by atoms with Crippen LogP contribution in [0.3, 0.4) is 0 Å². The molecule has 2 fully saturated rings. The van der Waals surface area contributed by atoms with Crippen molar-refractivity contribution in [2.24, 2.45) is 5.92 Å². The molecule has 0 N–H and O–H groups in total. The van der Waals surface area contributed by atoms with Gasteiger partial charge in [0.25, 0.3) is 0 Å². The summed E-state index contributed by atoms with van der Waals surface area (Å²) in [6.07, 6.45) is 5.92. The van der Waals surface area contributed by atoms with Crippen LogP contribution in [0, 0.1) is 5.92 Å². The second-order valence-electron chi connectivity index (χ2n) is 6.36. The van der Waals surface area contributed by atoms with Crippen LogP contribution in [0.1, 0.15) is 24.8 Å². The van der Waals surface area contributed by atoms with Gasteiger partial charge >= 0.3 is 0 Å². The van der Waals surface area contributed by atoms with Crippen LogP contribution in [0.5, 0.6) is 0 Å². The fourth-order valence-electron chi connectivity index (χ4n) is 3.40. The number of hydrogen-bond donors (Lipinski definition) is 0. The van der Waals surface area contributed by atoms with Gasteiger partial charge in [-0.15, -0.1) is 0 Å². The van der Waals surface area contributed by atoms with Gasteiger partial charge in [0.1, 0.15) is 5.82 Å². The molecule has 4 heteroatoms.